The summed E-state index contributed by atoms with van der Waals surface area (Å²) in [5, 5.41) is 14.6. The van der Waals surface area contributed by atoms with Crippen LogP contribution in [0.15, 0.2) is 47.5 Å². The van der Waals surface area contributed by atoms with Crippen LogP contribution >= 0.6 is 24.0 Å². The second kappa shape index (κ2) is 16.3. The quantitative estimate of drug-likeness (QED) is 0.224. The number of methoxy groups -OCH3 is 1. The standard InChI is InChI=1S/C32H41ClFN7O5S.ClH/c1-21(2)47(44,45)29-7-5-4-6-25(29)36-31-23(33)18-35-32(38-31)37-26-16-24(34)27(17-28(26)46-3)41-14-12-40(13-15-41)19-22-8-10-39(11-9-22)20-30(42)43;/h4-7,16-18,21-22H,8-15,19-20H2,1-3H3,(H,42,43)(H2,35,36,37,38);1H. The summed E-state index contributed by atoms with van der Waals surface area (Å²) in [6.07, 6.45) is 3.33. The van der Waals surface area contributed by atoms with Crippen LogP contribution in [0.4, 0.5) is 33.2 Å². The number of piperazine rings is 1. The van der Waals surface area contributed by atoms with Crippen LogP contribution in [0.3, 0.4) is 0 Å². The maximum Gasteiger partial charge on any atom is 0.317 e. The highest BCUT2D eigenvalue weighted by Crippen LogP contribution is 2.36. The van der Waals surface area contributed by atoms with Crippen molar-refractivity contribution in [3.05, 3.63) is 53.4 Å². The highest BCUT2D eigenvalue weighted by molar-refractivity contribution is 7.92. The van der Waals surface area contributed by atoms with Crippen molar-refractivity contribution in [3.8, 4) is 5.75 Å². The molecule has 0 unspecified atom stereocenters. The first-order valence-corrected chi connectivity index (χ1v) is 17.6. The average molecular weight is 727 g/mol. The number of anilines is 5. The fourth-order valence-electron chi connectivity index (χ4n) is 5.94. The number of carboxylic acid groups (broad SMARTS) is 1. The Morgan fingerprint density at radius 3 is 2.40 bits per heavy atom. The number of hydrogen-bond acceptors (Lipinski definition) is 11. The molecule has 3 aromatic rings. The molecule has 2 aliphatic rings. The highest BCUT2D eigenvalue weighted by atomic mass is 35.5. The van der Waals surface area contributed by atoms with Gasteiger partial charge in [0.15, 0.2) is 15.7 Å². The predicted molar refractivity (Wildman–Crippen MR) is 188 cm³/mol. The lowest BCUT2D eigenvalue weighted by molar-refractivity contribution is -0.138. The number of hydrogen-bond donors (Lipinski definition) is 3. The molecule has 0 atom stereocenters. The minimum atomic E-state index is -3.59. The van der Waals surface area contributed by atoms with Crippen LogP contribution in [-0.4, -0.2) is 104 Å². The summed E-state index contributed by atoms with van der Waals surface area (Å²) >= 11 is 6.38. The van der Waals surface area contributed by atoms with Gasteiger partial charge >= 0.3 is 5.97 Å². The van der Waals surface area contributed by atoms with E-state index in [-0.39, 0.29) is 40.6 Å². The molecule has 16 heteroatoms. The van der Waals surface area contributed by atoms with Crippen molar-refractivity contribution in [1.82, 2.24) is 19.8 Å². The van der Waals surface area contributed by atoms with Crippen LogP contribution in [0.25, 0.3) is 0 Å². The third-order valence-corrected chi connectivity index (χ3v) is 11.1. The molecule has 12 nitrogen and oxygen atoms in total. The summed E-state index contributed by atoms with van der Waals surface area (Å²) in [5.74, 6) is 0.00493. The van der Waals surface area contributed by atoms with Crippen molar-refractivity contribution in [2.75, 3.05) is 75.0 Å². The smallest absolute Gasteiger partial charge is 0.317 e. The van der Waals surface area contributed by atoms with Gasteiger partial charge in [-0.05, 0) is 57.8 Å². The molecule has 5 rings (SSSR count). The number of likely N-dealkylation sites (tertiary alicyclic amines) is 1. The van der Waals surface area contributed by atoms with E-state index in [1.165, 1.54) is 25.4 Å². The summed E-state index contributed by atoms with van der Waals surface area (Å²) in [7, 11) is -2.09. The molecule has 0 radical (unpaired) electrons. The zero-order valence-electron chi connectivity index (χ0n) is 27.2. The van der Waals surface area contributed by atoms with Crippen molar-refractivity contribution in [2.45, 2.75) is 36.8 Å². The molecule has 1 aromatic heterocycles. The fraction of sp³-hybridized carbons (Fsp3) is 0.469. The Kier molecular flexibility index (Phi) is 12.7. The number of rotatable bonds is 12. The van der Waals surface area contributed by atoms with Crippen LogP contribution in [-0.2, 0) is 14.6 Å². The number of aromatic nitrogens is 2. The lowest BCUT2D eigenvalue weighted by atomic mass is 9.96. The zero-order valence-corrected chi connectivity index (χ0v) is 29.5. The molecule has 0 aliphatic carbocycles. The molecule has 262 valence electrons. The first-order chi connectivity index (χ1) is 22.4. The molecule has 3 N–H and O–H groups in total. The lowest BCUT2D eigenvalue weighted by Crippen LogP contribution is -2.49. The van der Waals surface area contributed by atoms with E-state index in [0.717, 1.165) is 45.6 Å². The number of benzene rings is 2. The fourth-order valence-corrected chi connectivity index (χ4v) is 7.28. The van der Waals surface area contributed by atoms with E-state index in [0.29, 0.717) is 41.8 Å². The Bertz CT molecular complexity index is 1690. The highest BCUT2D eigenvalue weighted by Gasteiger charge is 2.27. The van der Waals surface area contributed by atoms with E-state index < -0.39 is 26.9 Å². The molecule has 0 spiro atoms. The van der Waals surface area contributed by atoms with E-state index in [1.54, 1.807) is 38.1 Å². The molecule has 0 amide bonds. The SMILES string of the molecule is COc1cc(N2CCN(CC3CCN(CC(=O)O)CC3)CC2)c(F)cc1Nc1ncc(Cl)c(Nc2ccccc2S(=O)(=O)C(C)C)n1.Cl. The van der Waals surface area contributed by atoms with Gasteiger partial charge in [-0.2, -0.15) is 4.98 Å². The molecule has 2 fully saturated rings. The number of piperidine rings is 1. The van der Waals surface area contributed by atoms with Crippen molar-refractivity contribution < 1.29 is 27.4 Å². The minimum absolute atomic E-state index is 0. The van der Waals surface area contributed by atoms with Gasteiger partial charge < -0.3 is 25.4 Å². The normalized spacial score (nSPS) is 16.4. The van der Waals surface area contributed by atoms with Gasteiger partial charge in [-0.1, -0.05) is 23.7 Å². The van der Waals surface area contributed by atoms with Crippen LogP contribution in [0.1, 0.15) is 26.7 Å². The van der Waals surface area contributed by atoms with E-state index in [1.807, 2.05) is 9.80 Å². The van der Waals surface area contributed by atoms with Gasteiger partial charge in [0.25, 0.3) is 0 Å². The van der Waals surface area contributed by atoms with Gasteiger partial charge in [-0.15, -0.1) is 12.4 Å². The van der Waals surface area contributed by atoms with E-state index >= 15 is 4.39 Å². The zero-order chi connectivity index (χ0) is 33.7. The first-order valence-electron chi connectivity index (χ1n) is 15.6. The first kappa shape index (κ1) is 37.4. The number of nitrogens with zero attached hydrogens (tertiary/aromatic N) is 5. The topological polar surface area (TPSA) is 140 Å². The monoisotopic (exact) mass is 725 g/mol. The molecular weight excluding hydrogens is 684 g/mol. The molecule has 0 bridgehead atoms. The van der Waals surface area contributed by atoms with Gasteiger partial charge in [-0.25, -0.2) is 17.8 Å². The number of ether oxygens (including phenoxy) is 1. The van der Waals surface area contributed by atoms with Crippen LogP contribution in [0.2, 0.25) is 5.02 Å². The number of para-hydroxylation sites is 1. The van der Waals surface area contributed by atoms with Gasteiger partial charge in [0, 0.05) is 44.9 Å². The van der Waals surface area contributed by atoms with Gasteiger partial charge in [-0.3, -0.25) is 14.6 Å². The Morgan fingerprint density at radius 1 is 1.06 bits per heavy atom. The Balaban J connectivity index is 0.00000520. The van der Waals surface area contributed by atoms with Crippen LogP contribution in [0.5, 0.6) is 5.75 Å². The number of carbonyl (C=O) groups is 1. The molecule has 2 saturated heterocycles. The molecule has 0 saturated carbocycles. The third-order valence-electron chi connectivity index (χ3n) is 8.62. The Morgan fingerprint density at radius 2 is 1.75 bits per heavy atom. The number of carboxylic acids is 1. The van der Waals surface area contributed by atoms with Crippen molar-refractivity contribution >= 4 is 68.6 Å². The van der Waals surface area contributed by atoms with E-state index in [2.05, 4.69) is 25.5 Å². The molecule has 2 aromatic carbocycles. The molecule has 2 aliphatic heterocycles. The second-order valence-corrected chi connectivity index (χ2v) is 15.0. The predicted octanol–water partition coefficient (Wildman–Crippen LogP) is 5.29. The number of nitrogens with one attached hydrogen (secondary N) is 2. The summed E-state index contributed by atoms with van der Waals surface area (Å²) in [4.78, 5) is 26.2. The molecular formula is C32H42Cl2FN7O5S. The van der Waals surface area contributed by atoms with E-state index in [4.69, 9.17) is 21.4 Å². The van der Waals surface area contributed by atoms with Crippen molar-refractivity contribution in [3.63, 3.8) is 0 Å². The van der Waals surface area contributed by atoms with Crippen molar-refractivity contribution in [1.29, 1.82) is 0 Å². The van der Waals surface area contributed by atoms with Gasteiger partial charge in [0.05, 0.1) is 47.1 Å². The Labute approximate surface area is 292 Å². The molecule has 3 heterocycles. The van der Waals surface area contributed by atoms with E-state index in [9.17, 15) is 13.2 Å². The van der Waals surface area contributed by atoms with Crippen LogP contribution in [0, 0.1) is 11.7 Å². The molecule has 48 heavy (non-hydrogen) atoms. The summed E-state index contributed by atoms with van der Waals surface area (Å²) in [5.41, 5.74) is 1.08. The average Bonchev–Trinajstić information content (AvgIpc) is 3.04. The minimum Gasteiger partial charge on any atom is -0.494 e. The summed E-state index contributed by atoms with van der Waals surface area (Å²) in [6, 6.07) is 9.52. The Hall–Kier alpha value is -3.43. The van der Waals surface area contributed by atoms with Crippen molar-refractivity contribution in [2.24, 2.45) is 5.92 Å². The third kappa shape index (κ3) is 8.97. The number of sulfone groups is 1. The van der Waals surface area contributed by atoms with Gasteiger partial charge in [0.1, 0.15) is 16.6 Å². The lowest BCUT2D eigenvalue weighted by Gasteiger charge is -2.39. The number of halogens is 3. The maximum atomic E-state index is 15.6. The summed E-state index contributed by atoms with van der Waals surface area (Å²) < 4.78 is 47.0. The summed E-state index contributed by atoms with van der Waals surface area (Å²) in [6.45, 7) is 8.81. The second-order valence-electron chi connectivity index (χ2n) is 12.1. The maximum absolute atomic E-state index is 15.6. The van der Waals surface area contributed by atoms with Gasteiger partial charge in [0.2, 0.25) is 5.95 Å². The number of aliphatic carboxylic acids is 1. The van der Waals surface area contributed by atoms with Crippen LogP contribution < -0.4 is 20.3 Å². The largest absolute Gasteiger partial charge is 0.494 e.